The lowest BCUT2D eigenvalue weighted by atomic mass is 10.1. The van der Waals surface area contributed by atoms with Crippen molar-refractivity contribution in [1.29, 1.82) is 5.26 Å². The van der Waals surface area contributed by atoms with E-state index in [0.29, 0.717) is 5.56 Å². The van der Waals surface area contributed by atoms with E-state index in [1.807, 2.05) is 31.3 Å². The van der Waals surface area contributed by atoms with Gasteiger partial charge in [-0.2, -0.15) is 5.26 Å². The molecule has 0 radical (unpaired) electrons. The number of nitriles is 1. The number of anilines is 1. The molecule has 0 aliphatic rings. The van der Waals surface area contributed by atoms with Crippen molar-refractivity contribution in [2.45, 2.75) is 6.92 Å². The molecular weight excluding hydrogens is 188 g/mol. The molecule has 4 heteroatoms. The van der Waals surface area contributed by atoms with E-state index >= 15 is 0 Å². The fourth-order valence-electron chi connectivity index (χ4n) is 1.52. The van der Waals surface area contributed by atoms with E-state index in [0.717, 1.165) is 17.0 Å². The van der Waals surface area contributed by atoms with Crippen LogP contribution in [-0.2, 0) is 0 Å². The van der Waals surface area contributed by atoms with Gasteiger partial charge < -0.3 is 10.7 Å². The number of aromatic nitrogens is 2. The number of nitrogens with zero attached hydrogens (tertiary/aromatic N) is 2. The summed E-state index contributed by atoms with van der Waals surface area (Å²) in [4.78, 5) is 7.10. The number of rotatable bonds is 1. The van der Waals surface area contributed by atoms with Crippen LogP contribution in [-0.4, -0.2) is 9.97 Å². The minimum atomic E-state index is 0.280. The molecule has 15 heavy (non-hydrogen) atoms. The second kappa shape index (κ2) is 3.46. The third-order valence-corrected chi connectivity index (χ3v) is 2.18. The molecule has 74 valence electrons. The summed E-state index contributed by atoms with van der Waals surface area (Å²) in [7, 11) is 0. The highest BCUT2D eigenvalue weighted by atomic mass is 14.8. The Morgan fingerprint density at radius 2 is 2.33 bits per heavy atom. The third kappa shape index (κ3) is 1.55. The van der Waals surface area contributed by atoms with Gasteiger partial charge in [0.2, 0.25) is 0 Å². The van der Waals surface area contributed by atoms with Crippen molar-refractivity contribution in [3.63, 3.8) is 0 Å². The van der Waals surface area contributed by atoms with Crippen molar-refractivity contribution < 1.29 is 0 Å². The Bertz CT molecular complexity index is 520. The highest BCUT2D eigenvalue weighted by Crippen LogP contribution is 2.25. The number of aromatic amines is 1. The largest absolute Gasteiger partial charge is 0.383 e. The van der Waals surface area contributed by atoms with Crippen LogP contribution in [0.5, 0.6) is 0 Å². The zero-order chi connectivity index (χ0) is 10.8. The van der Waals surface area contributed by atoms with Gasteiger partial charge in [0.25, 0.3) is 0 Å². The van der Waals surface area contributed by atoms with Crippen molar-refractivity contribution in [3.8, 4) is 17.3 Å². The van der Waals surface area contributed by atoms with Gasteiger partial charge in [-0.05, 0) is 25.1 Å². The van der Waals surface area contributed by atoms with Crippen LogP contribution in [0.2, 0.25) is 0 Å². The van der Waals surface area contributed by atoms with Gasteiger partial charge in [-0.3, -0.25) is 0 Å². The van der Waals surface area contributed by atoms with Crippen molar-refractivity contribution in [3.05, 3.63) is 35.7 Å². The molecule has 0 aliphatic heterocycles. The molecule has 0 fully saturated rings. The van der Waals surface area contributed by atoms with Gasteiger partial charge in [0.1, 0.15) is 17.5 Å². The first kappa shape index (κ1) is 9.28. The molecule has 2 aromatic heterocycles. The Morgan fingerprint density at radius 1 is 1.53 bits per heavy atom. The van der Waals surface area contributed by atoms with Gasteiger partial charge in [-0.25, -0.2) is 4.98 Å². The van der Waals surface area contributed by atoms with Crippen LogP contribution >= 0.6 is 0 Å². The Labute approximate surface area is 87.4 Å². The van der Waals surface area contributed by atoms with Gasteiger partial charge in [0, 0.05) is 23.1 Å². The highest BCUT2D eigenvalue weighted by Gasteiger charge is 2.10. The van der Waals surface area contributed by atoms with Crippen LogP contribution in [0.25, 0.3) is 11.3 Å². The topological polar surface area (TPSA) is 78.5 Å². The first-order valence-electron chi connectivity index (χ1n) is 4.53. The zero-order valence-corrected chi connectivity index (χ0v) is 8.28. The summed E-state index contributed by atoms with van der Waals surface area (Å²) in [6, 6.07) is 7.70. The lowest BCUT2D eigenvalue weighted by Crippen LogP contribution is -1.99. The van der Waals surface area contributed by atoms with Gasteiger partial charge >= 0.3 is 0 Å². The molecule has 0 spiro atoms. The summed E-state index contributed by atoms with van der Waals surface area (Å²) in [5.41, 5.74) is 8.59. The van der Waals surface area contributed by atoms with Crippen LogP contribution in [0.4, 0.5) is 5.82 Å². The summed E-state index contributed by atoms with van der Waals surface area (Å²) < 4.78 is 0. The van der Waals surface area contributed by atoms with Crippen molar-refractivity contribution in [2.24, 2.45) is 0 Å². The lowest BCUT2D eigenvalue weighted by Gasteiger charge is -2.05. The van der Waals surface area contributed by atoms with E-state index in [4.69, 9.17) is 11.0 Å². The molecule has 0 unspecified atom stereocenters. The number of nitrogens with two attached hydrogens (primary N) is 1. The number of nitrogens with one attached hydrogen (secondary N) is 1. The second-order valence-corrected chi connectivity index (χ2v) is 3.27. The van der Waals surface area contributed by atoms with E-state index in [1.165, 1.54) is 0 Å². The third-order valence-electron chi connectivity index (χ3n) is 2.18. The van der Waals surface area contributed by atoms with E-state index in [2.05, 4.69) is 16.0 Å². The van der Waals surface area contributed by atoms with Crippen LogP contribution < -0.4 is 5.73 Å². The lowest BCUT2D eigenvalue weighted by molar-refractivity contribution is 1.19. The number of hydrogen-bond donors (Lipinski definition) is 2. The smallest absolute Gasteiger partial charge is 0.142 e. The van der Waals surface area contributed by atoms with Gasteiger partial charge in [0.05, 0.1) is 0 Å². The maximum Gasteiger partial charge on any atom is 0.142 e. The molecule has 3 N–H and O–H groups in total. The van der Waals surface area contributed by atoms with Gasteiger partial charge in [0.15, 0.2) is 0 Å². The van der Waals surface area contributed by atoms with Crippen LogP contribution in [0.1, 0.15) is 11.3 Å². The number of nitrogen functional groups attached to an aromatic ring is 1. The molecule has 0 atom stereocenters. The van der Waals surface area contributed by atoms with Crippen LogP contribution in [0.3, 0.4) is 0 Å². The maximum absolute atomic E-state index is 9.01. The normalized spacial score (nSPS) is 9.87. The average molecular weight is 198 g/mol. The molecule has 2 aromatic rings. The summed E-state index contributed by atoms with van der Waals surface area (Å²) in [6.45, 7) is 1.85. The first-order chi connectivity index (χ1) is 7.22. The van der Waals surface area contributed by atoms with E-state index in [9.17, 15) is 0 Å². The molecule has 0 amide bonds. The second-order valence-electron chi connectivity index (χ2n) is 3.27. The molecule has 0 aromatic carbocycles. The summed E-state index contributed by atoms with van der Waals surface area (Å²) in [6.07, 6.45) is 1.81. The summed E-state index contributed by atoms with van der Waals surface area (Å²) in [5, 5.41) is 9.01. The monoisotopic (exact) mass is 198 g/mol. The van der Waals surface area contributed by atoms with Crippen molar-refractivity contribution in [2.75, 3.05) is 5.73 Å². The quantitative estimate of drug-likeness (QED) is 0.733. The molecule has 0 saturated heterocycles. The zero-order valence-electron chi connectivity index (χ0n) is 8.28. The van der Waals surface area contributed by atoms with Gasteiger partial charge in [-0.1, -0.05) is 0 Å². The molecule has 0 aliphatic carbocycles. The predicted molar refractivity (Wildman–Crippen MR) is 57.9 cm³/mol. The number of aryl methyl sites for hydroxylation is 1. The minimum Gasteiger partial charge on any atom is -0.383 e. The summed E-state index contributed by atoms with van der Waals surface area (Å²) in [5.74, 6) is 0.280. The van der Waals surface area contributed by atoms with Gasteiger partial charge in [-0.15, -0.1) is 0 Å². The van der Waals surface area contributed by atoms with E-state index in [-0.39, 0.29) is 5.82 Å². The molecule has 0 bridgehead atoms. The fourth-order valence-corrected chi connectivity index (χ4v) is 1.52. The average Bonchev–Trinajstić information content (AvgIpc) is 2.69. The van der Waals surface area contributed by atoms with Crippen LogP contribution in [0.15, 0.2) is 24.4 Å². The number of hydrogen-bond acceptors (Lipinski definition) is 3. The standard InChI is InChI=1S/C11H10N4/c1-7-5-8(10-3-2-4-14-10)9(6-12)11(13)15-7/h2-5,14H,1H3,(H2,13,15). The molecule has 2 rings (SSSR count). The van der Waals surface area contributed by atoms with Crippen molar-refractivity contribution in [1.82, 2.24) is 9.97 Å². The molecule has 0 saturated carbocycles. The molecule has 4 nitrogen and oxygen atoms in total. The van der Waals surface area contributed by atoms with Crippen molar-refractivity contribution >= 4 is 5.82 Å². The molecular formula is C11H10N4. The Balaban J connectivity index is 2.71. The highest BCUT2D eigenvalue weighted by molar-refractivity contribution is 5.73. The minimum absolute atomic E-state index is 0.280. The summed E-state index contributed by atoms with van der Waals surface area (Å²) >= 11 is 0. The Hall–Kier alpha value is -2.28. The van der Waals surface area contributed by atoms with Crippen LogP contribution in [0, 0.1) is 18.3 Å². The fraction of sp³-hybridized carbons (Fsp3) is 0.0909. The SMILES string of the molecule is Cc1cc(-c2ccc[nH]2)c(C#N)c(N)n1. The predicted octanol–water partition coefficient (Wildman–Crippen LogP) is 1.84. The Kier molecular flexibility index (Phi) is 2.14. The first-order valence-corrected chi connectivity index (χ1v) is 4.53. The molecule has 2 heterocycles. The number of H-pyrrole nitrogens is 1. The number of pyridine rings is 1. The van der Waals surface area contributed by atoms with E-state index < -0.39 is 0 Å². The maximum atomic E-state index is 9.01. The van der Waals surface area contributed by atoms with E-state index in [1.54, 1.807) is 0 Å². The Morgan fingerprint density at radius 3 is 2.93 bits per heavy atom.